The van der Waals surface area contributed by atoms with Gasteiger partial charge in [0.2, 0.25) is 0 Å². The van der Waals surface area contributed by atoms with Crippen molar-refractivity contribution in [2.24, 2.45) is 0 Å². The minimum atomic E-state index is -1.13. The van der Waals surface area contributed by atoms with Gasteiger partial charge in [0.15, 0.2) is 0 Å². The molecule has 9 heteroatoms. The first-order valence-electron chi connectivity index (χ1n) is 11.2. The Morgan fingerprint density at radius 3 is 2.53 bits per heavy atom. The molecule has 0 aliphatic carbocycles. The monoisotopic (exact) mass is 479 g/mol. The molecule has 2 heterocycles. The number of anilines is 3. The molecule has 3 aromatic rings. The molecular weight excluding hydrogens is 450 g/mol. The largest absolute Gasteiger partial charge is 0.465 e. The number of carboxylic acid groups (broad SMARTS) is 1. The van der Waals surface area contributed by atoms with E-state index in [4.69, 9.17) is 5.73 Å². The van der Waals surface area contributed by atoms with Crippen LogP contribution in [0, 0.1) is 0 Å². The molecule has 0 unspecified atom stereocenters. The number of carbonyl (C=O) groups is 2. The molecule has 8 nitrogen and oxygen atoms in total. The van der Waals surface area contributed by atoms with Crippen LogP contribution in [0.5, 0.6) is 0 Å². The zero-order valence-electron chi connectivity index (χ0n) is 19.1. The standard InChI is InChI=1S/C25H29N5O3S/c1-29-10-12-30(13-11-29)9-8-17-15-19(5-7-21(17)28-25(32)33)24(31)27-22-16-18(4-6-20(22)26)23-3-2-14-34-23/h2-7,14-16,28H,8-13,26H2,1H3,(H,27,31)(H,32,33). The molecule has 1 aliphatic rings. The average molecular weight is 480 g/mol. The fourth-order valence-corrected chi connectivity index (χ4v) is 4.71. The molecule has 0 saturated carbocycles. The summed E-state index contributed by atoms with van der Waals surface area (Å²) in [5.74, 6) is -0.294. The second-order valence-electron chi connectivity index (χ2n) is 8.43. The molecule has 0 radical (unpaired) electrons. The van der Waals surface area contributed by atoms with Gasteiger partial charge in [-0.05, 0) is 66.4 Å². The van der Waals surface area contributed by atoms with Gasteiger partial charge in [0.1, 0.15) is 0 Å². The van der Waals surface area contributed by atoms with Crippen LogP contribution >= 0.6 is 11.3 Å². The lowest BCUT2D eigenvalue weighted by Gasteiger charge is -2.32. The van der Waals surface area contributed by atoms with E-state index in [0.29, 0.717) is 29.0 Å². The van der Waals surface area contributed by atoms with Gasteiger partial charge in [0.05, 0.1) is 11.4 Å². The van der Waals surface area contributed by atoms with Gasteiger partial charge in [-0.2, -0.15) is 0 Å². The van der Waals surface area contributed by atoms with Crippen LogP contribution in [0.1, 0.15) is 15.9 Å². The van der Waals surface area contributed by atoms with Gasteiger partial charge in [0.25, 0.3) is 5.91 Å². The molecule has 1 aromatic heterocycles. The van der Waals surface area contributed by atoms with Crippen LogP contribution in [0.15, 0.2) is 53.9 Å². The molecule has 4 rings (SSSR count). The molecule has 0 spiro atoms. The van der Waals surface area contributed by atoms with Crippen LogP contribution in [0.3, 0.4) is 0 Å². The third-order valence-corrected chi connectivity index (χ3v) is 6.93. The van der Waals surface area contributed by atoms with Crippen molar-refractivity contribution in [3.63, 3.8) is 0 Å². The summed E-state index contributed by atoms with van der Waals surface area (Å²) in [5, 5.41) is 16.6. The summed E-state index contributed by atoms with van der Waals surface area (Å²) in [7, 11) is 2.11. The molecule has 2 aromatic carbocycles. The van der Waals surface area contributed by atoms with Crippen LogP contribution in [0.2, 0.25) is 0 Å². The highest BCUT2D eigenvalue weighted by atomic mass is 32.1. The fraction of sp³-hybridized carbons (Fsp3) is 0.280. The molecule has 34 heavy (non-hydrogen) atoms. The van der Waals surface area contributed by atoms with Crippen molar-refractivity contribution in [2.75, 3.05) is 56.1 Å². The van der Waals surface area contributed by atoms with E-state index in [-0.39, 0.29) is 5.91 Å². The van der Waals surface area contributed by atoms with E-state index in [1.807, 2.05) is 29.6 Å². The molecule has 0 atom stereocenters. The number of thiophene rings is 1. The number of likely N-dealkylation sites (N-methyl/N-ethyl adjacent to an activating group) is 1. The predicted molar refractivity (Wildman–Crippen MR) is 138 cm³/mol. The van der Waals surface area contributed by atoms with Gasteiger partial charge in [0, 0.05) is 48.9 Å². The second-order valence-corrected chi connectivity index (χ2v) is 9.38. The van der Waals surface area contributed by atoms with E-state index in [1.54, 1.807) is 35.6 Å². The second kappa shape index (κ2) is 10.7. The highest BCUT2D eigenvalue weighted by Crippen LogP contribution is 2.30. The number of hydrogen-bond acceptors (Lipinski definition) is 6. The number of hydrogen-bond donors (Lipinski definition) is 4. The van der Waals surface area contributed by atoms with E-state index in [2.05, 4.69) is 27.5 Å². The van der Waals surface area contributed by atoms with Gasteiger partial charge in [-0.25, -0.2) is 4.79 Å². The maximum Gasteiger partial charge on any atom is 0.409 e. The first kappa shape index (κ1) is 23.7. The zero-order valence-corrected chi connectivity index (χ0v) is 19.9. The van der Waals surface area contributed by atoms with E-state index in [0.717, 1.165) is 48.7 Å². The third-order valence-electron chi connectivity index (χ3n) is 6.01. The Hall–Kier alpha value is -3.40. The summed E-state index contributed by atoms with van der Waals surface area (Å²) in [6.45, 7) is 4.75. The Morgan fingerprint density at radius 2 is 1.82 bits per heavy atom. The summed E-state index contributed by atoms with van der Waals surface area (Å²) in [4.78, 5) is 30.1. The van der Waals surface area contributed by atoms with Crippen molar-refractivity contribution < 1.29 is 14.7 Å². The van der Waals surface area contributed by atoms with Gasteiger partial charge >= 0.3 is 6.09 Å². The molecule has 1 saturated heterocycles. The lowest BCUT2D eigenvalue weighted by atomic mass is 10.0. The first-order valence-corrected chi connectivity index (χ1v) is 12.1. The molecular formula is C25H29N5O3S. The van der Waals surface area contributed by atoms with Crippen molar-refractivity contribution in [3.05, 3.63) is 65.0 Å². The number of carbonyl (C=O) groups excluding carboxylic acids is 1. The predicted octanol–water partition coefficient (Wildman–Crippen LogP) is 4.13. The Balaban J connectivity index is 1.51. The number of rotatable bonds is 7. The fourth-order valence-electron chi connectivity index (χ4n) is 3.98. The molecule has 1 fully saturated rings. The maximum absolute atomic E-state index is 13.1. The highest BCUT2D eigenvalue weighted by molar-refractivity contribution is 7.13. The van der Waals surface area contributed by atoms with Crippen molar-refractivity contribution in [1.29, 1.82) is 0 Å². The number of amides is 2. The first-order chi connectivity index (χ1) is 16.4. The quantitative estimate of drug-likeness (QED) is 0.379. The average Bonchev–Trinajstić information content (AvgIpc) is 3.35. The van der Waals surface area contributed by atoms with Gasteiger partial charge < -0.3 is 26.0 Å². The van der Waals surface area contributed by atoms with Crippen LogP contribution in [-0.2, 0) is 6.42 Å². The lowest BCUT2D eigenvalue weighted by molar-refractivity contribution is 0.102. The SMILES string of the molecule is CN1CCN(CCc2cc(C(=O)Nc3cc(-c4cccs4)ccc3N)ccc2NC(=O)O)CC1. The Labute approximate surface area is 203 Å². The van der Waals surface area contributed by atoms with Crippen LogP contribution in [-0.4, -0.2) is 66.7 Å². The Morgan fingerprint density at radius 1 is 1.03 bits per heavy atom. The van der Waals surface area contributed by atoms with Crippen molar-refractivity contribution >= 4 is 40.4 Å². The van der Waals surface area contributed by atoms with E-state index in [1.165, 1.54) is 0 Å². The van der Waals surface area contributed by atoms with Gasteiger partial charge in [-0.15, -0.1) is 11.3 Å². The number of nitrogens with two attached hydrogens (primary N) is 1. The third kappa shape index (κ3) is 5.93. The summed E-state index contributed by atoms with van der Waals surface area (Å²) in [6, 6.07) is 14.6. The van der Waals surface area contributed by atoms with Crippen molar-refractivity contribution in [3.8, 4) is 10.4 Å². The lowest BCUT2D eigenvalue weighted by Crippen LogP contribution is -2.45. The Kier molecular flexibility index (Phi) is 7.46. The number of benzene rings is 2. The minimum Gasteiger partial charge on any atom is -0.465 e. The summed E-state index contributed by atoms with van der Waals surface area (Å²) >= 11 is 1.62. The number of nitrogen functional groups attached to an aromatic ring is 1. The molecule has 0 bridgehead atoms. The van der Waals surface area contributed by atoms with Crippen LogP contribution in [0.25, 0.3) is 10.4 Å². The molecule has 178 valence electrons. The van der Waals surface area contributed by atoms with Gasteiger partial charge in [-0.1, -0.05) is 12.1 Å². The summed E-state index contributed by atoms with van der Waals surface area (Å²) in [5.41, 5.74) is 9.86. The zero-order chi connectivity index (χ0) is 24.1. The maximum atomic E-state index is 13.1. The minimum absolute atomic E-state index is 0.294. The number of nitrogens with zero attached hydrogens (tertiary/aromatic N) is 2. The normalized spacial score (nSPS) is 14.6. The van der Waals surface area contributed by atoms with Crippen molar-refractivity contribution in [2.45, 2.75) is 6.42 Å². The van der Waals surface area contributed by atoms with Gasteiger partial charge in [-0.3, -0.25) is 10.1 Å². The number of piperazine rings is 1. The van der Waals surface area contributed by atoms with E-state index in [9.17, 15) is 14.7 Å². The van der Waals surface area contributed by atoms with E-state index >= 15 is 0 Å². The molecule has 1 aliphatic heterocycles. The van der Waals surface area contributed by atoms with Crippen LogP contribution in [0.4, 0.5) is 21.9 Å². The summed E-state index contributed by atoms with van der Waals surface area (Å²) in [6.07, 6.45) is -0.493. The molecule has 5 N–H and O–H groups in total. The van der Waals surface area contributed by atoms with E-state index < -0.39 is 6.09 Å². The Bertz CT molecular complexity index is 1160. The number of nitrogens with one attached hydrogen (secondary N) is 2. The molecule has 2 amide bonds. The van der Waals surface area contributed by atoms with Crippen molar-refractivity contribution in [1.82, 2.24) is 9.80 Å². The topological polar surface area (TPSA) is 111 Å². The van der Waals surface area contributed by atoms with Crippen LogP contribution < -0.4 is 16.4 Å². The smallest absolute Gasteiger partial charge is 0.409 e. The highest BCUT2D eigenvalue weighted by Gasteiger charge is 2.17. The summed E-state index contributed by atoms with van der Waals surface area (Å²) < 4.78 is 0.